The van der Waals surface area contributed by atoms with Crippen molar-refractivity contribution in [2.45, 2.75) is 18.2 Å². The maximum Gasteiger partial charge on any atom is 0.119 e. The number of hydrogen-bond acceptors (Lipinski definition) is 1. The van der Waals surface area contributed by atoms with Crippen LogP contribution in [0.25, 0.3) is 0 Å². The van der Waals surface area contributed by atoms with E-state index >= 15 is 0 Å². The van der Waals surface area contributed by atoms with Crippen molar-refractivity contribution in [2.24, 2.45) is 0 Å². The van der Waals surface area contributed by atoms with Gasteiger partial charge in [-0.1, -0.05) is 73.7 Å². The predicted octanol–water partition coefficient (Wildman–Crippen LogP) is 5.79. The number of aryl methyl sites for hydroxylation is 1. The first-order chi connectivity index (χ1) is 11.7. The van der Waals surface area contributed by atoms with E-state index in [1.54, 1.807) is 7.11 Å². The molecule has 122 valence electrons. The molecule has 0 N–H and O–H groups in total. The monoisotopic (exact) mass is 336 g/mol. The quantitative estimate of drug-likeness (QED) is 0.423. The number of halogens is 1. The standard InChI is InChI=1S/C22H21ClO/c1-3-17-9-11-19(12-10-17)22(23,18-7-5-4-6-8-18)20-13-15-21(24-2)16-14-20/h4-16H,3H2,1-2H3. The van der Waals surface area contributed by atoms with Crippen LogP contribution in [-0.2, 0) is 11.3 Å². The van der Waals surface area contributed by atoms with Gasteiger partial charge in [0.05, 0.1) is 7.11 Å². The van der Waals surface area contributed by atoms with Crippen LogP contribution in [0.3, 0.4) is 0 Å². The molecular formula is C22H21ClO. The lowest BCUT2D eigenvalue weighted by Gasteiger charge is -2.29. The van der Waals surface area contributed by atoms with Crippen LogP contribution in [-0.4, -0.2) is 7.11 Å². The van der Waals surface area contributed by atoms with E-state index in [4.69, 9.17) is 16.3 Å². The number of hydrogen-bond donors (Lipinski definition) is 0. The van der Waals surface area contributed by atoms with Crippen molar-refractivity contribution in [3.05, 3.63) is 101 Å². The van der Waals surface area contributed by atoms with Gasteiger partial charge in [0, 0.05) is 0 Å². The van der Waals surface area contributed by atoms with Crippen molar-refractivity contribution in [3.8, 4) is 5.75 Å². The molecule has 0 amide bonds. The second-order valence-corrected chi connectivity index (χ2v) is 6.37. The Morgan fingerprint density at radius 3 is 1.75 bits per heavy atom. The molecule has 0 heterocycles. The lowest BCUT2D eigenvalue weighted by molar-refractivity contribution is 0.414. The van der Waals surface area contributed by atoms with Gasteiger partial charge in [-0.05, 0) is 40.8 Å². The minimum atomic E-state index is -0.722. The summed E-state index contributed by atoms with van der Waals surface area (Å²) in [5.41, 5.74) is 4.46. The van der Waals surface area contributed by atoms with Crippen LogP contribution in [0.2, 0.25) is 0 Å². The molecule has 3 aromatic carbocycles. The first-order valence-corrected chi connectivity index (χ1v) is 8.54. The molecule has 24 heavy (non-hydrogen) atoms. The summed E-state index contributed by atoms with van der Waals surface area (Å²) < 4.78 is 5.28. The van der Waals surface area contributed by atoms with Gasteiger partial charge in [0.25, 0.3) is 0 Å². The molecule has 1 nitrogen and oxygen atoms in total. The van der Waals surface area contributed by atoms with Crippen LogP contribution in [0.1, 0.15) is 29.2 Å². The van der Waals surface area contributed by atoms with Gasteiger partial charge in [-0.25, -0.2) is 0 Å². The Balaban J connectivity index is 2.16. The van der Waals surface area contributed by atoms with E-state index < -0.39 is 4.87 Å². The minimum absolute atomic E-state index is 0.722. The molecule has 0 aliphatic carbocycles. The van der Waals surface area contributed by atoms with Gasteiger partial charge in [0.2, 0.25) is 0 Å². The highest BCUT2D eigenvalue weighted by Crippen LogP contribution is 2.43. The van der Waals surface area contributed by atoms with Gasteiger partial charge in [0.15, 0.2) is 0 Å². The van der Waals surface area contributed by atoms with Crippen molar-refractivity contribution < 1.29 is 4.74 Å². The number of ether oxygens (including phenoxy) is 1. The molecule has 0 saturated carbocycles. The van der Waals surface area contributed by atoms with Gasteiger partial charge in [-0.3, -0.25) is 0 Å². The second-order valence-electron chi connectivity index (χ2n) is 5.80. The Hall–Kier alpha value is -2.25. The van der Waals surface area contributed by atoms with E-state index in [1.165, 1.54) is 5.56 Å². The van der Waals surface area contributed by atoms with Crippen LogP contribution in [0.4, 0.5) is 0 Å². The van der Waals surface area contributed by atoms with E-state index in [2.05, 4.69) is 43.3 Å². The van der Waals surface area contributed by atoms with Gasteiger partial charge in [-0.2, -0.15) is 0 Å². The molecule has 0 aromatic heterocycles. The Bertz CT molecular complexity index is 729. The first-order valence-electron chi connectivity index (χ1n) is 8.17. The summed E-state index contributed by atoms with van der Waals surface area (Å²) in [4.78, 5) is -0.722. The van der Waals surface area contributed by atoms with Crippen molar-refractivity contribution in [1.82, 2.24) is 0 Å². The molecule has 2 heteroatoms. The summed E-state index contributed by atoms with van der Waals surface area (Å²) in [6.07, 6.45) is 1.02. The van der Waals surface area contributed by atoms with Crippen LogP contribution < -0.4 is 4.74 Å². The van der Waals surface area contributed by atoms with Gasteiger partial charge >= 0.3 is 0 Å². The van der Waals surface area contributed by atoms with Crippen molar-refractivity contribution in [1.29, 1.82) is 0 Å². The third-order valence-electron chi connectivity index (χ3n) is 4.42. The third kappa shape index (κ3) is 3.05. The van der Waals surface area contributed by atoms with Crippen LogP contribution in [0.15, 0.2) is 78.9 Å². The average molecular weight is 337 g/mol. The predicted molar refractivity (Wildman–Crippen MR) is 101 cm³/mol. The maximum atomic E-state index is 7.27. The number of benzene rings is 3. The van der Waals surface area contributed by atoms with E-state index in [1.807, 2.05) is 42.5 Å². The maximum absolute atomic E-state index is 7.27. The second kappa shape index (κ2) is 7.11. The average Bonchev–Trinajstić information content (AvgIpc) is 2.68. The number of alkyl halides is 1. The molecule has 1 atom stereocenters. The van der Waals surface area contributed by atoms with Gasteiger partial charge in [-0.15, -0.1) is 11.6 Å². The summed E-state index contributed by atoms with van der Waals surface area (Å²) >= 11 is 7.27. The minimum Gasteiger partial charge on any atom is -0.497 e. The lowest BCUT2D eigenvalue weighted by atomic mass is 9.84. The summed E-state index contributed by atoms with van der Waals surface area (Å²) in [6, 6.07) is 26.7. The largest absolute Gasteiger partial charge is 0.497 e. The smallest absolute Gasteiger partial charge is 0.119 e. The molecule has 0 bridgehead atoms. The fraction of sp³-hybridized carbons (Fsp3) is 0.182. The molecule has 0 spiro atoms. The van der Waals surface area contributed by atoms with Crippen LogP contribution >= 0.6 is 11.6 Å². The van der Waals surface area contributed by atoms with E-state index in [9.17, 15) is 0 Å². The fourth-order valence-corrected chi connectivity index (χ4v) is 3.34. The Morgan fingerprint density at radius 2 is 1.25 bits per heavy atom. The normalized spacial score (nSPS) is 13.3. The zero-order chi connectivity index (χ0) is 17.0. The molecule has 0 saturated heterocycles. The molecule has 3 rings (SSSR count). The summed E-state index contributed by atoms with van der Waals surface area (Å²) in [6.45, 7) is 2.16. The topological polar surface area (TPSA) is 9.23 Å². The summed E-state index contributed by atoms with van der Waals surface area (Å²) in [7, 11) is 1.67. The molecular weight excluding hydrogens is 316 g/mol. The SMILES string of the molecule is CCc1ccc(C(Cl)(c2ccccc2)c2ccc(OC)cc2)cc1. The van der Waals surface area contributed by atoms with Crippen LogP contribution in [0, 0.1) is 0 Å². The molecule has 0 aliphatic heterocycles. The van der Waals surface area contributed by atoms with E-state index in [-0.39, 0.29) is 0 Å². The first kappa shape index (κ1) is 16.6. The van der Waals surface area contributed by atoms with Gasteiger partial charge in [0.1, 0.15) is 10.6 Å². The molecule has 1 unspecified atom stereocenters. The molecule has 3 aromatic rings. The number of rotatable bonds is 5. The van der Waals surface area contributed by atoms with Gasteiger partial charge < -0.3 is 4.74 Å². The highest BCUT2D eigenvalue weighted by atomic mass is 35.5. The lowest BCUT2D eigenvalue weighted by Crippen LogP contribution is -2.22. The van der Waals surface area contributed by atoms with E-state index in [0.29, 0.717) is 0 Å². The molecule has 0 radical (unpaired) electrons. The third-order valence-corrected chi connectivity index (χ3v) is 5.07. The Kier molecular flexibility index (Phi) is 4.92. The molecule has 0 fully saturated rings. The van der Waals surface area contributed by atoms with Crippen molar-refractivity contribution in [3.63, 3.8) is 0 Å². The van der Waals surface area contributed by atoms with Crippen LogP contribution in [0.5, 0.6) is 5.75 Å². The summed E-state index contributed by atoms with van der Waals surface area (Å²) in [5.74, 6) is 0.826. The zero-order valence-corrected chi connectivity index (χ0v) is 14.8. The fourth-order valence-electron chi connectivity index (χ4n) is 2.96. The summed E-state index contributed by atoms with van der Waals surface area (Å²) in [5, 5.41) is 0. The Morgan fingerprint density at radius 1 is 0.750 bits per heavy atom. The Labute approximate surface area is 148 Å². The van der Waals surface area contributed by atoms with E-state index in [0.717, 1.165) is 28.9 Å². The molecule has 0 aliphatic rings. The highest BCUT2D eigenvalue weighted by Gasteiger charge is 2.33. The number of methoxy groups -OCH3 is 1. The van der Waals surface area contributed by atoms with Crippen molar-refractivity contribution in [2.75, 3.05) is 7.11 Å². The highest BCUT2D eigenvalue weighted by molar-refractivity contribution is 6.28. The zero-order valence-electron chi connectivity index (χ0n) is 14.0. The van der Waals surface area contributed by atoms with Crippen molar-refractivity contribution >= 4 is 11.6 Å².